The van der Waals surface area contributed by atoms with Gasteiger partial charge in [-0.15, -0.1) is 0 Å². The second-order valence-corrected chi connectivity index (χ2v) is 4.77. The molecule has 1 N–H and O–H groups in total. The maximum atomic E-state index is 12.4. The molecule has 2 aromatic rings. The second-order valence-electron chi connectivity index (χ2n) is 4.77. The SMILES string of the molecule is O=C(c1ccc(-n2ccnc2)nc1)N1CCCNCC1. The zero-order chi connectivity index (χ0) is 13.8. The number of hydrogen-bond donors (Lipinski definition) is 1. The molecular weight excluding hydrogens is 254 g/mol. The number of carbonyl (C=O) groups excluding carboxylic acids is 1. The van der Waals surface area contributed by atoms with Gasteiger partial charge in [-0.1, -0.05) is 0 Å². The van der Waals surface area contributed by atoms with E-state index in [2.05, 4.69) is 15.3 Å². The zero-order valence-corrected chi connectivity index (χ0v) is 11.2. The topological polar surface area (TPSA) is 63.1 Å². The Morgan fingerprint density at radius 3 is 2.95 bits per heavy atom. The summed E-state index contributed by atoms with van der Waals surface area (Å²) in [5, 5.41) is 3.29. The lowest BCUT2D eigenvalue weighted by Gasteiger charge is -2.19. The Labute approximate surface area is 117 Å². The van der Waals surface area contributed by atoms with Crippen LogP contribution >= 0.6 is 0 Å². The highest BCUT2D eigenvalue weighted by Gasteiger charge is 2.17. The minimum absolute atomic E-state index is 0.0541. The predicted molar refractivity (Wildman–Crippen MR) is 74.7 cm³/mol. The van der Waals surface area contributed by atoms with Crippen LogP contribution in [0, 0.1) is 0 Å². The van der Waals surface area contributed by atoms with Gasteiger partial charge in [0.25, 0.3) is 5.91 Å². The molecule has 6 nitrogen and oxygen atoms in total. The van der Waals surface area contributed by atoms with E-state index in [0.29, 0.717) is 5.56 Å². The van der Waals surface area contributed by atoms with E-state index in [4.69, 9.17) is 0 Å². The monoisotopic (exact) mass is 271 g/mol. The Morgan fingerprint density at radius 2 is 2.20 bits per heavy atom. The Balaban J connectivity index is 1.75. The molecule has 0 saturated carbocycles. The molecule has 104 valence electrons. The molecule has 0 bridgehead atoms. The third-order valence-corrected chi connectivity index (χ3v) is 3.39. The molecule has 1 fully saturated rings. The van der Waals surface area contributed by atoms with Crippen LogP contribution in [-0.4, -0.2) is 51.5 Å². The summed E-state index contributed by atoms with van der Waals surface area (Å²) in [5.41, 5.74) is 0.635. The van der Waals surface area contributed by atoms with Crippen LogP contribution in [0.3, 0.4) is 0 Å². The summed E-state index contributed by atoms with van der Waals surface area (Å²) in [5.74, 6) is 0.815. The van der Waals surface area contributed by atoms with Gasteiger partial charge in [-0.2, -0.15) is 0 Å². The average molecular weight is 271 g/mol. The van der Waals surface area contributed by atoms with Gasteiger partial charge in [0.05, 0.1) is 5.56 Å². The highest BCUT2D eigenvalue weighted by Crippen LogP contribution is 2.09. The Hall–Kier alpha value is -2.21. The van der Waals surface area contributed by atoms with E-state index in [9.17, 15) is 4.79 Å². The van der Waals surface area contributed by atoms with Crippen LogP contribution in [0.2, 0.25) is 0 Å². The minimum atomic E-state index is 0.0541. The number of imidazole rings is 1. The predicted octanol–water partition coefficient (Wildman–Crippen LogP) is 0.703. The van der Waals surface area contributed by atoms with Crippen molar-refractivity contribution in [1.82, 2.24) is 24.8 Å². The fraction of sp³-hybridized carbons (Fsp3) is 0.357. The minimum Gasteiger partial charge on any atom is -0.337 e. The summed E-state index contributed by atoms with van der Waals surface area (Å²) in [4.78, 5) is 22.6. The van der Waals surface area contributed by atoms with Gasteiger partial charge in [-0.25, -0.2) is 9.97 Å². The van der Waals surface area contributed by atoms with Crippen molar-refractivity contribution in [1.29, 1.82) is 0 Å². The van der Waals surface area contributed by atoms with E-state index >= 15 is 0 Å². The third kappa shape index (κ3) is 2.70. The van der Waals surface area contributed by atoms with E-state index in [0.717, 1.165) is 38.4 Å². The lowest BCUT2D eigenvalue weighted by molar-refractivity contribution is 0.0766. The number of amides is 1. The zero-order valence-electron chi connectivity index (χ0n) is 11.2. The van der Waals surface area contributed by atoms with Crippen molar-refractivity contribution in [2.24, 2.45) is 0 Å². The first kappa shape index (κ1) is 12.8. The summed E-state index contributed by atoms with van der Waals surface area (Å²) < 4.78 is 1.81. The molecule has 20 heavy (non-hydrogen) atoms. The van der Waals surface area contributed by atoms with Gasteiger partial charge >= 0.3 is 0 Å². The highest BCUT2D eigenvalue weighted by atomic mass is 16.2. The molecule has 1 amide bonds. The molecule has 0 radical (unpaired) electrons. The fourth-order valence-corrected chi connectivity index (χ4v) is 2.29. The van der Waals surface area contributed by atoms with E-state index in [1.165, 1.54) is 0 Å². The summed E-state index contributed by atoms with van der Waals surface area (Å²) in [7, 11) is 0. The van der Waals surface area contributed by atoms with Crippen LogP contribution in [0.1, 0.15) is 16.8 Å². The number of carbonyl (C=O) groups is 1. The molecule has 6 heteroatoms. The first-order chi connectivity index (χ1) is 9.84. The number of nitrogens with one attached hydrogen (secondary N) is 1. The number of pyridine rings is 1. The molecule has 0 spiro atoms. The van der Waals surface area contributed by atoms with Crippen LogP contribution in [0.5, 0.6) is 0 Å². The molecule has 3 heterocycles. The standard InChI is InChI=1S/C14H17N5O/c20-14(18-7-1-4-15-5-8-18)12-2-3-13(17-10-12)19-9-6-16-11-19/h2-3,6,9-11,15H,1,4-5,7-8H2. The first-order valence-corrected chi connectivity index (χ1v) is 6.79. The van der Waals surface area contributed by atoms with E-state index < -0.39 is 0 Å². The third-order valence-electron chi connectivity index (χ3n) is 3.39. The van der Waals surface area contributed by atoms with Crippen molar-refractivity contribution in [2.45, 2.75) is 6.42 Å². The maximum absolute atomic E-state index is 12.4. The van der Waals surface area contributed by atoms with Crippen molar-refractivity contribution in [3.63, 3.8) is 0 Å². The second kappa shape index (κ2) is 5.83. The largest absolute Gasteiger partial charge is 0.337 e. The van der Waals surface area contributed by atoms with E-state index in [1.54, 1.807) is 18.7 Å². The highest BCUT2D eigenvalue weighted by molar-refractivity contribution is 5.94. The van der Waals surface area contributed by atoms with Gasteiger partial charge < -0.3 is 10.2 Å². The van der Waals surface area contributed by atoms with Crippen molar-refractivity contribution < 1.29 is 4.79 Å². The number of nitrogens with zero attached hydrogens (tertiary/aromatic N) is 4. The quantitative estimate of drug-likeness (QED) is 0.873. The molecule has 1 aliphatic heterocycles. The molecule has 0 aromatic carbocycles. The molecule has 2 aromatic heterocycles. The molecule has 3 rings (SSSR count). The summed E-state index contributed by atoms with van der Waals surface area (Å²) in [6.07, 6.45) is 7.84. The maximum Gasteiger partial charge on any atom is 0.255 e. The van der Waals surface area contributed by atoms with Gasteiger partial charge in [-0.05, 0) is 25.1 Å². The lowest BCUT2D eigenvalue weighted by Crippen LogP contribution is -2.34. The normalized spacial score (nSPS) is 15.9. The van der Waals surface area contributed by atoms with Crippen LogP contribution in [0.25, 0.3) is 5.82 Å². The van der Waals surface area contributed by atoms with E-state index in [-0.39, 0.29) is 5.91 Å². The molecule has 0 atom stereocenters. The van der Waals surface area contributed by atoms with Crippen LogP contribution in [-0.2, 0) is 0 Å². The van der Waals surface area contributed by atoms with Crippen molar-refractivity contribution >= 4 is 5.91 Å². The van der Waals surface area contributed by atoms with Crippen LogP contribution < -0.4 is 5.32 Å². The van der Waals surface area contributed by atoms with Crippen molar-refractivity contribution in [3.05, 3.63) is 42.6 Å². The van der Waals surface area contributed by atoms with Gasteiger partial charge in [0.1, 0.15) is 12.1 Å². The summed E-state index contributed by atoms with van der Waals surface area (Å²) in [6, 6.07) is 3.66. The Bertz CT molecular complexity index is 556. The van der Waals surface area contributed by atoms with Gasteiger partial charge in [0, 0.05) is 38.2 Å². The van der Waals surface area contributed by atoms with Gasteiger partial charge in [0.2, 0.25) is 0 Å². The average Bonchev–Trinajstić information content (AvgIpc) is 2.89. The molecule has 1 aliphatic rings. The fourth-order valence-electron chi connectivity index (χ4n) is 2.29. The molecular formula is C14H17N5O. The van der Waals surface area contributed by atoms with Gasteiger partial charge in [0.15, 0.2) is 0 Å². The van der Waals surface area contributed by atoms with Crippen LogP contribution in [0.15, 0.2) is 37.1 Å². The summed E-state index contributed by atoms with van der Waals surface area (Å²) in [6.45, 7) is 3.38. The van der Waals surface area contributed by atoms with E-state index in [1.807, 2.05) is 27.8 Å². The van der Waals surface area contributed by atoms with Gasteiger partial charge in [-0.3, -0.25) is 9.36 Å². The number of rotatable bonds is 2. The van der Waals surface area contributed by atoms with Crippen molar-refractivity contribution in [3.8, 4) is 5.82 Å². The van der Waals surface area contributed by atoms with Crippen molar-refractivity contribution in [2.75, 3.05) is 26.2 Å². The Morgan fingerprint density at radius 1 is 1.25 bits per heavy atom. The number of hydrogen-bond acceptors (Lipinski definition) is 4. The smallest absolute Gasteiger partial charge is 0.255 e. The molecule has 1 saturated heterocycles. The first-order valence-electron chi connectivity index (χ1n) is 6.79. The molecule has 0 aliphatic carbocycles. The summed E-state index contributed by atoms with van der Waals surface area (Å²) >= 11 is 0. The van der Waals surface area contributed by atoms with Crippen LogP contribution in [0.4, 0.5) is 0 Å². The molecule has 0 unspecified atom stereocenters. The lowest BCUT2D eigenvalue weighted by atomic mass is 10.2. The Kier molecular flexibility index (Phi) is 3.73. The number of aromatic nitrogens is 3.